The van der Waals surface area contributed by atoms with Crippen LogP contribution in [-0.4, -0.2) is 41.9 Å². The molecule has 1 aromatic carbocycles. The molecule has 116 valence electrons. The lowest BCUT2D eigenvalue weighted by Gasteiger charge is -2.45. The molecule has 1 aliphatic rings. The Labute approximate surface area is 137 Å². The van der Waals surface area contributed by atoms with Crippen molar-refractivity contribution in [2.45, 2.75) is 12.0 Å². The standard InChI is InChI=1S/C18H22ClN3/c19-15-18(16-6-2-1-3-7-16,22-12-10-20-11-13-22)14-17-8-4-5-9-21-17/h1-9,20H,10-15H2. The first kappa shape index (κ1) is 15.5. The minimum Gasteiger partial charge on any atom is -0.314 e. The summed E-state index contributed by atoms with van der Waals surface area (Å²) >= 11 is 6.55. The smallest absolute Gasteiger partial charge is 0.0653 e. The summed E-state index contributed by atoms with van der Waals surface area (Å²) in [5.41, 5.74) is 2.17. The number of benzene rings is 1. The summed E-state index contributed by atoms with van der Waals surface area (Å²) in [6.45, 7) is 4.03. The summed E-state index contributed by atoms with van der Waals surface area (Å²) in [6.07, 6.45) is 2.69. The number of halogens is 1. The van der Waals surface area contributed by atoms with Crippen LogP contribution in [0.1, 0.15) is 11.3 Å². The molecule has 1 N–H and O–H groups in total. The molecule has 0 radical (unpaired) electrons. The molecule has 22 heavy (non-hydrogen) atoms. The summed E-state index contributed by atoms with van der Waals surface area (Å²) < 4.78 is 0. The Morgan fingerprint density at radius 1 is 1.05 bits per heavy atom. The Bertz CT molecular complexity index is 569. The lowest BCUT2D eigenvalue weighted by molar-refractivity contribution is 0.0883. The molecular formula is C18H22ClN3. The van der Waals surface area contributed by atoms with E-state index < -0.39 is 0 Å². The lowest BCUT2D eigenvalue weighted by Crippen LogP contribution is -2.56. The summed E-state index contributed by atoms with van der Waals surface area (Å²) in [5, 5.41) is 3.43. The first-order valence-electron chi connectivity index (χ1n) is 7.82. The third-order valence-electron chi connectivity index (χ3n) is 4.45. The second-order valence-electron chi connectivity index (χ2n) is 5.77. The predicted molar refractivity (Wildman–Crippen MR) is 91.2 cm³/mol. The van der Waals surface area contributed by atoms with Gasteiger partial charge in [-0.3, -0.25) is 9.88 Å². The van der Waals surface area contributed by atoms with Crippen molar-refractivity contribution in [3.05, 3.63) is 66.0 Å². The van der Waals surface area contributed by atoms with Gasteiger partial charge in [0.15, 0.2) is 0 Å². The van der Waals surface area contributed by atoms with Gasteiger partial charge in [-0.05, 0) is 17.7 Å². The molecule has 0 saturated carbocycles. The van der Waals surface area contributed by atoms with Gasteiger partial charge in [-0.25, -0.2) is 0 Å². The van der Waals surface area contributed by atoms with E-state index in [0.717, 1.165) is 38.3 Å². The van der Waals surface area contributed by atoms with Crippen LogP contribution in [0.2, 0.25) is 0 Å². The van der Waals surface area contributed by atoms with Crippen LogP contribution in [0.5, 0.6) is 0 Å². The lowest BCUT2D eigenvalue weighted by atomic mass is 9.84. The van der Waals surface area contributed by atoms with Gasteiger partial charge in [0.2, 0.25) is 0 Å². The number of nitrogens with one attached hydrogen (secondary N) is 1. The number of aromatic nitrogens is 1. The number of nitrogens with zero attached hydrogens (tertiary/aromatic N) is 2. The largest absolute Gasteiger partial charge is 0.314 e. The Hall–Kier alpha value is -1.42. The van der Waals surface area contributed by atoms with Crippen molar-refractivity contribution >= 4 is 11.6 Å². The molecule has 0 bridgehead atoms. The van der Waals surface area contributed by atoms with Gasteiger partial charge < -0.3 is 5.32 Å². The highest BCUT2D eigenvalue weighted by Gasteiger charge is 2.38. The minimum absolute atomic E-state index is 0.195. The fourth-order valence-electron chi connectivity index (χ4n) is 3.25. The van der Waals surface area contributed by atoms with Crippen molar-refractivity contribution in [2.24, 2.45) is 0 Å². The fraction of sp³-hybridized carbons (Fsp3) is 0.389. The highest BCUT2D eigenvalue weighted by Crippen LogP contribution is 2.33. The minimum atomic E-state index is -0.195. The van der Waals surface area contributed by atoms with Crippen LogP contribution in [0.4, 0.5) is 0 Å². The SMILES string of the molecule is ClCC(Cc1ccccn1)(c1ccccc1)N1CCNCC1. The van der Waals surface area contributed by atoms with Crippen molar-refractivity contribution in [1.29, 1.82) is 0 Å². The normalized spacial score (nSPS) is 18.8. The Morgan fingerprint density at radius 3 is 2.41 bits per heavy atom. The molecule has 0 spiro atoms. The van der Waals surface area contributed by atoms with Crippen LogP contribution < -0.4 is 5.32 Å². The highest BCUT2D eigenvalue weighted by atomic mass is 35.5. The molecule has 2 heterocycles. The number of hydrogen-bond acceptors (Lipinski definition) is 3. The Balaban J connectivity index is 1.99. The van der Waals surface area contributed by atoms with E-state index in [9.17, 15) is 0 Å². The van der Waals surface area contributed by atoms with Gasteiger partial charge in [0.25, 0.3) is 0 Å². The number of piperazine rings is 1. The van der Waals surface area contributed by atoms with E-state index in [2.05, 4.69) is 51.6 Å². The van der Waals surface area contributed by atoms with Gasteiger partial charge in [0.1, 0.15) is 0 Å². The molecule has 4 heteroatoms. The molecule has 2 aromatic rings. The molecular weight excluding hydrogens is 294 g/mol. The maximum atomic E-state index is 6.55. The van der Waals surface area contributed by atoms with Crippen molar-refractivity contribution in [2.75, 3.05) is 32.1 Å². The third-order valence-corrected chi connectivity index (χ3v) is 4.90. The quantitative estimate of drug-likeness (QED) is 0.860. The zero-order valence-corrected chi connectivity index (χ0v) is 13.5. The number of alkyl halides is 1. The topological polar surface area (TPSA) is 28.2 Å². The highest BCUT2D eigenvalue weighted by molar-refractivity contribution is 6.18. The zero-order valence-electron chi connectivity index (χ0n) is 12.7. The van der Waals surface area contributed by atoms with Gasteiger partial charge in [0.05, 0.1) is 5.54 Å². The first-order chi connectivity index (χ1) is 10.8. The predicted octanol–water partition coefficient (Wildman–Crippen LogP) is 2.66. The van der Waals surface area contributed by atoms with Crippen molar-refractivity contribution in [1.82, 2.24) is 15.2 Å². The summed E-state index contributed by atoms with van der Waals surface area (Å²) in [4.78, 5) is 7.05. The van der Waals surface area contributed by atoms with Crippen LogP contribution in [0.3, 0.4) is 0 Å². The molecule has 3 nitrogen and oxygen atoms in total. The number of rotatable bonds is 5. The van der Waals surface area contributed by atoms with Crippen LogP contribution in [0.15, 0.2) is 54.7 Å². The molecule has 1 saturated heterocycles. The average molecular weight is 316 g/mol. The average Bonchev–Trinajstić information content (AvgIpc) is 2.62. The first-order valence-corrected chi connectivity index (χ1v) is 8.36. The fourth-order valence-corrected chi connectivity index (χ4v) is 3.67. The molecule has 1 unspecified atom stereocenters. The van der Waals surface area contributed by atoms with Crippen LogP contribution in [-0.2, 0) is 12.0 Å². The van der Waals surface area contributed by atoms with E-state index in [1.807, 2.05) is 18.3 Å². The molecule has 3 rings (SSSR count). The zero-order chi connectivity index (χ0) is 15.3. The third kappa shape index (κ3) is 3.17. The van der Waals surface area contributed by atoms with E-state index in [-0.39, 0.29) is 5.54 Å². The van der Waals surface area contributed by atoms with Gasteiger partial charge in [0, 0.05) is 50.4 Å². The summed E-state index contributed by atoms with van der Waals surface area (Å²) in [6, 6.07) is 16.7. The number of pyridine rings is 1. The maximum Gasteiger partial charge on any atom is 0.0653 e. The van der Waals surface area contributed by atoms with E-state index in [1.165, 1.54) is 5.56 Å². The van der Waals surface area contributed by atoms with Gasteiger partial charge in [-0.15, -0.1) is 11.6 Å². The van der Waals surface area contributed by atoms with E-state index >= 15 is 0 Å². The van der Waals surface area contributed by atoms with E-state index in [4.69, 9.17) is 11.6 Å². The van der Waals surface area contributed by atoms with Crippen molar-refractivity contribution in [3.8, 4) is 0 Å². The molecule has 0 amide bonds. The Kier molecular flexibility index (Phi) is 5.08. The van der Waals surface area contributed by atoms with Crippen molar-refractivity contribution < 1.29 is 0 Å². The molecule has 1 atom stereocenters. The summed E-state index contributed by atoms with van der Waals surface area (Å²) in [7, 11) is 0. The number of hydrogen-bond donors (Lipinski definition) is 1. The maximum absolute atomic E-state index is 6.55. The Morgan fingerprint density at radius 2 is 1.77 bits per heavy atom. The van der Waals surface area contributed by atoms with Gasteiger partial charge >= 0.3 is 0 Å². The molecule has 1 aliphatic heterocycles. The summed E-state index contributed by atoms with van der Waals surface area (Å²) in [5.74, 6) is 0.563. The molecule has 0 aliphatic carbocycles. The van der Waals surface area contributed by atoms with Gasteiger partial charge in [-0.2, -0.15) is 0 Å². The monoisotopic (exact) mass is 315 g/mol. The van der Waals surface area contributed by atoms with Crippen LogP contribution in [0, 0.1) is 0 Å². The van der Waals surface area contributed by atoms with Crippen LogP contribution >= 0.6 is 11.6 Å². The van der Waals surface area contributed by atoms with Crippen molar-refractivity contribution in [3.63, 3.8) is 0 Å². The second kappa shape index (κ2) is 7.23. The van der Waals surface area contributed by atoms with E-state index in [0.29, 0.717) is 5.88 Å². The molecule has 1 fully saturated rings. The van der Waals surface area contributed by atoms with Gasteiger partial charge in [-0.1, -0.05) is 36.4 Å². The van der Waals surface area contributed by atoms with Crippen LogP contribution in [0.25, 0.3) is 0 Å². The van der Waals surface area contributed by atoms with E-state index in [1.54, 1.807) is 0 Å². The molecule has 1 aromatic heterocycles. The second-order valence-corrected chi connectivity index (χ2v) is 6.03.